The van der Waals surface area contributed by atoms with Gasteiger partial charge in [0, 0.05) is 29.7 Å². The van der Waals surface area contributed by atoms with Crippen LogP contribution in [0.3, 0.4) is 0 Å². The van der Waals surface area contributed by atoms with Crippen molar-refractivity contribution >= 4 is 0 Å². The second kappa shape index (κ2) is 4.37. The number of nitrogens with zero attached hydrogens (tertiary/aromatic N) is 4. The lowest BCUT2D eigenvalue weighted by Crippen LogP contribution is -1.97. The molecule has 18 heavy (non-hydrogen) atoms. The van der Waals surface area contributed by atoms with Gasteiger partial charge in [0.2, 0.25) is 0 Å². The van der Waals surface area contributed by atoms with E-state index < -0.39 is 0 Å². The van der Waals surface area contributed by atoms with E-state index >= 15 is 0 Å². The van der Waals surface area contributed by atoms with Crippen LogP contribution in [0.1, 0.15) is 0 Å². The summed E-state index contributed by atoms with van der Waals surface area (Å²) < 4.78 is 15.2. The molecule has 0 aliphatic rings. The van der Waals surface area contributed by atoms with Gasteiger partial charge in [0.1, 0.15) is 5.82 Å². The molecule has 2 heterocycles. The van der Waals surface area contributed by atoms with Crippen LogP contribution in [0.2, 0.25) is 0 Å². The zero-order valence-corrected chi connectivity index (χ0v) is 9.36. The van der Waals surface area contributed by atoms with Crippen molar-refractivity contribution < 1.29 is 4.39 Å². The minimum Gasteiger partial charge on any atom is -0.259 e. The van der Waals surface area contributed by atoms with Crippen LogP contribution in [-0.2, 0) is 0 Å². The van der Waals surface area contributed by atoms with Crippen molar-refractivity contribution in [2.75, 3.05) is 0 Å². The van der Waals surface area contributed by atoms with Gasteiger partial charge in [0.25, 0.3) is 0 Å². The molecule has 0 fully saturated rings. The van der Waals surface area contributed by atoms with Crippen LogP contribution in [0.15, 0.2) is 55.2 Å². The summed E-state index contributed by atoms with van der Waals surface area (Å²) >= 11 is 0. The van der Waals surface area contributed by atoms with Gasteiger partial charge in [0.05, 0.1) is 12.4 Å². The van der Waals surface area contributed by atoms with Crippen LogP contribution in [0.4, 0.5) is 4.39 Å². The molecule has 88 valence electrons. The molecule has 0 bridgehead atoms. The van der Waals surface area contributed by atoms with Crippen molar-refractivity contribution in [3.8, 4) is 16.9 Å². The van der Waals surface area contributed by atoms with Crippen LogP contribution in [0.5, 0.6) is 0 Å². The fourth-order valence-corrected chi connectivity index (χ4v) is 1.69. The molecule has 0 amide bonds. The van der Waals surface area contributed by atoms with Gasteiger partial charge in [0.15, 0.2) is 5.82 Å². The number of hydrogen-bond acceptors (Lipinski definition) is 3. The topological polar surface area (TPSA) is 43.6 Å². The molecule has 0 aliphatic heterocycles. The molecular weight excluding hydrogens is 231 g/mol. The predicted octanol–water partition coefficient (Wildman–Crippen LogP) is 2.47. The Kier molecular flexibility index (Phi) is 2.57. The molecule has 0 saturated heterocycles. The zero-order valence-electron chi connectivity index (χ0n) is 9.36. The average Bonchev–Trinajstić information content (AvgIpc) is 2.90. The minimum atomic E-state index is -0.267. The van der Waals surface area contributed by atoms with E-state index in [1.807, 2.05) is 0 Å². The van der Waals surface area contributed by atoms with E-state index in [-0.39, 0.29) is 5.82 Å². The van der Waals surface area contributed by atoms with Crippen molar-refractivity contribution in [1.29, 1.82) is 0 Å². The summed E-state index contributed by atoms with van der Waals surface area (Å²) in [5.41, 5.74) is 1.23. The summed E-state index contributed by atoms with van der Waals surface area (Å²) in [5, 5.41) is 4.15. The van der Waals surface area contributed by atoms with Gasteiger partial charge in [-0.25, -0.2) is 14.1 Å². The lowest BCUT2D eigenvalue weighted by molar-refractivity contribution is 0.631. The van der Waals surface area contributed by atoms with E-state index in [0.29, 0.717) is 16.9 Å². The van der Waals surface area contributed by atoms with Crippen molar-refractivity contribution in [2.24, 2.45) is 0 Å². The highest BCUT2D eigenvalue weighted by Gasteiger charge is 2.07. The number of hydrogen-bond donors (Lipinski definition) is 0. The van der Waals surface area contributed by atoms with Gasteiger partial charge in [-0.2, -0.15) is 5.10 Å². The molecule has 3 aromatic rings. The molecule has 4 nitrogen and oxygen atoms in total. The molecule has 0 N–H and O–H groups in total. The fraction of sp³-hybridized carbons (Fsp3) is 0. The van der Waals surface area contributed by atoms with Gasteiger partial charge in [-0.15, -0.1) is 0 Å². The number of aromatic nitrogens is 4. The predicted molar refractivity (Wildman–Crippen MR) is 64.5 cm³/mol. The van der Waals surface area contributed by atoms with E-state index in [1.165, 1.54) is 6.07 Å². The van der Waals surface area contributed by atoms with Gasteiger partial charge in [-0.1, -0.05) is 18.2 Å². The maximum atomic E-state index is 13.6. The van der Waals surface area contributed by atoms with Crippen molar-refractivity contribution in [3.05, 3.63) is 61.1 Å². The highest BCUT2D eigenvalue weighted by Crippen LogP contribution is 2.22. The van der Waals surface area contributed by atoms with Crippen molar-refractivity contribution in [1.82, 2.24) is 19.7 Å². The van der Waals surface area contributed by atoms with Crippen LogP contribution in [0.25, 0.3) is 16.9 Å². The Morgan fingerprint density at radius 2 is 1.94 bits per heavy atom. The third-order valence-corrected chi connectivity index (χ3v) is 2.55. The minimum absolute atomic E-state index is 0.267. The number of benzene rings is 1. The Morgan fingerprint density at radius 1 is 1.06 bits per heavy atom. The lowest BCUT2D eigenvalue weighted by Gasteiger charge is -1.99. The number of halogens is 1. The maximum absolute atomic E-state index is 13.6. The second-order valence-electron chi connectivity index (χ2n) is 3.72. The zero-order chi connectivity index (χ0) is 12.4. The van der Waals surface area contributed by atoms with Crippen LogP contribution in [0, 0.1) is 5.82 Å². The highest BCUT2D eigenvalue weighted by atomic mass is 19.1. The molecular formula is C13H9FN4. The second-order valence-corrected chi connectivity index (χ2v) is 3.72. The fourth-order valence-electron chi connectivity index (χ4n) is 1.69. The van der Waals surface area contributed by atoms with E-state index in [2.05, 4.69) is 15.1 Å². The molecule has 2 aromatic heterocycles. The largest absolute Gasteiger partial charge is 0.259 e. The summed E-state index contributed by atoms with van der Waals surface area (Å²) in [6.45, 7) is 0. The Balaban J connectivity index is 2.03. The summed E-state index contributed by atoms with van der Waals surface area (Å²) in [7, 11) is 0. The van der Waals surface area contributed by atoms with Crippen LogP contribution >= 0.6 is 0 Å². The summed E-state index contributed by atoms with van der Waals surface area (Å²) in [4.78, 5) is 8.09. The van der Waals surface area contributed by atoms with Crippen molar-refractivity contribution in [2.45, 2.75) is 0 Å². The standard InChI is InChI=1S/C13H9FN4/c14-12-4-2-1-3-11(12)10-7-17-18(9-10)13-8-15-5-6-16-13/h1-9H. The molecule has 0 unspecified atom stereocenters. The Bertz CT molecular complexity index is 664. The lowest BCUT2D eigenvalue weighted by atomic mass is 10.1. The van der Waals surface area contributed by atoms with Gasteiger partial charge >= 0.3 is 0 Å². The van der Waals surface area contributed by atoms with E-state index in [4.69, 9.17) is 0 Å². The SMILES string of the molecule is Fc1ccccc1-c1cnn(-c2cnccn2)c1. The Hall–Kier alpha value is -2.56. The van der Waals surface area contributed by atoms with Gasteiger partial charge < -0.3 is 0 Å². The summed E-state index contributed by atoms with van der Waals surface area (Å²) in [6.07, 6.45) is 8.10. The molecule has 0 atom stereocenters. The quantitative estimate of drug-likeness (QED) is 0.691. The average molecular weight is 240 g/mol. The first-order chi connectivity index (χ1) is 8.84. The summed E-state index contributed by atoms with van der Waals surface area (Å²) in [5.74, 6) is 0.330. The molecule has 0 spiro atoms. The smallest absolute Gasteiger partial charge is 0.171 e. The molecule has 3 rings (SSSR count). The molecule has 5 heteroatoms. The monoisotopic (exact) mass is 240 g/mol. The third kappa shape index (κ3) is 1.86. The molecule has 0 radical (unpaired) electrons. The first kappa shape index (κ1) is 10.6. The first-order valence-electron chi connectivity index (χ1n) is 5.40. The van der Waals surface area contributed by atoms with E-state index in [9.17, 15) is 4.39 Å². The first-order valence-corrected chi connectivity index (χ1v) is 5.40. The van der Waals surface area contributed by atoms with E-state index in [1.54, 1.807) is 53.9 Å². The van der Waals surface area contributed by atoms with Crippen molar-refractivity contribution in [3.63, 3.8) is 0 Å². The maximum Gasteiger partial charge on any atom is 0.171 e. The Morgan fingerprint density at radius 3 is 2.72 bits per heavy atom. The van der Waals surface area contributed by atoms with Gasteiger partial charge in [-0.3, -0.25) is 4.98 Å². The molecule has 0 aliphatic carbocycles. The molecule has 1 aromatic carbocycles. The number of rotatable bonds is 2. The normalized spacial score (nSPS) is 10.5. The van der Waals surface area contributed by atoms with Gasteiger partial charge in [-0.05, 0) is 6.07 Å². The third-order valence-electron chi connectivity index (χ3n) is 2.55. The highest BCUT2D eigenvalue weighted by molar-refractivity contribution is 5.62. The van der Waals surface area contributed by atoms with Crippen LogP contribution < -0.4 is 0 Å². The Labute approximate surface area is 103 Å². The van der Waals surface area contributed by atoms with Crippen LogP contribution in [-0.4, -0.2) is 19.7 Å². The van der Waals surface area contributed by atoms with E-state index in [0.717, 1.165) is 0 Å². The summed E-state index contributed by atoms with van der Waals surface area (Å²) in [6, 6.07) is 6.59. The molecule has 0 saturated carbocycles.